The van der Waals surface area contributed by atoms with Crippen LogP contribution in [0.1, 0.15) is 97.6 Å². The average Bonchev–Trinajstić information content (AvgIpc) is 3.49. The number of cyclic esters (lactones) is 2. The average molecular weight is 1220 g/mol. The van der Waals surface area contributed by atoms with Gasteiger partial charge in [-0.3, -0.25) is 0 Å². The molecule has 4 bridgehead atoms. The Morgan fingerprint density at radius 1 is 0.420 bits per heavy atom. The summed E-state index contributed by atoms with van der Waals surface area (Å²) in [7, 11) is 0. The first-order chi connectivity index (χ1) is 37.8. The number of piperidine rings is 6. The molecule has 6 aromatic rings. The molecule has 2 amide bonds. The molecular formula is C66H76Cl6N4O5. The molecule has 15 heteroatoms. The Bertz CT molecular complexity index is 2800. The second kappa shape index (κ2) is 26.6. The van der Waals surface area contributed by atoms with E-state index < -0.39 is 0 Å². The van der Waals surface area contributed by atoms with E-state index in [1.807, 2.05) is 70.5 Å². The second-order valence-electron chi connectivity index (χ2n) is 24.1. The normalized spacial score (nSPS) is 27.3. The lowest BCUT2D eigenvalue weighted by atomic mass is 9.66. The molecule has 14 rings (SSSR count). The molecule has 0 aliphatic carbocycles. The summed E-state index contributed by atoms with van der Waals surface area (Å²) in [6.45, 7) is 12.9. The minimum Gasteiger partial charge on any atom is -1.00 e. The van der Waals surface area contributed by atoms with Gasteiger partial charge in [-0.1, -0.05) is 180 Å². The summed E-state index contributed by atoms with van der Waals surface area (Å²) in [5, 5.41) is 2.19. The molecule has 9 nitrogen and oxygen atoms in total. The van der Waals surface area contributed by atoms with Crippen molar-refractivity contribution in [3.63, 3.8) is 0 Å². The number of benzene rings is 6. The molecule has 432 valence electrons. The smallest absolute Gasteiger partial charge is 0.410 e. The Hall–Kier alpha value is -4.52. The lowest BCUT2D eigenvalue weighted by Gasteiger charge is -2.55. The number of hydrogen-bond acceptors (Lipinski definition) is 4. The predicted molar refractivity (Wildman–Crippen MR) is 318 cm³/mol. The number of carbonyl (C=O) groups is 2. The summed E-state index contributed by atoms with van der Waals surface area (Å²) in [4.78, 5) is 29.4. The van der Waals surface area contributed by atoms with Gasteiger partial charge in [0.05, 0.1) is 72.4 Å². The van der Waals surface area contributed by atoms with Crippen LogP contribution in [0.3, 0.4) is 0 Å². The van der Waals surface area contributed by atoms with Gasteiger partial charge in [0.15, 0.2) is 0 Å². The molecule has 0 aromatic heterocycles. The lowest BCUT2D eigenvalue weighted by molar-refractivity contribution is -0.943. The van der Waals surface area contributed by atoms with E-state index in [9.17, 15) is 9.59 Å². The van der Waals surface area contributed by atoms with Gasteiger partial charge in [-0.2, -0.15) is 0 Å². The summed E-state index contributed by atoms with van der Waals surface area (Å²) in [5.74, 6) is 0. The fraction of sp³-hybridized carbons (Fsp3) is 0.424. The van der Waals surface area contributed by atoms with E-state index >= 15 is 0 Å². The molecule has 2 unspecified atom stereocenters. The van der Waals surface area contributed by atoms with Crippen molar-refractivity contribution in [2.45, 2.75) is 99.0 Å². The van der Waals surface area contributed by atoms with Gasteiger partial charge in [-0.05, 0) is 83.3 Å². The number of ether oxygens (including phenoxy) is 2. The van der Waals surface area contributed by atoms with Crippen molar-refractivity contribution in [2.75, 3.05) is 78.7 Å². The summed E-state index contributed by atoms with van der Waals surface area (Å²) < 4.78 is 14.2. The van der Waals surface area contributed by atoms with E-state index in [2.05, 4.69) is 97.1 Å². The molecule has 8 fully saturated rings. The number of amides is 2. The summed E-state index contributed by atoms with van der Waals surface area (Å²) in [5.41, 5.74) is 7.56. The number of carbonyl (C=O) groups excluding carboxylic acids is 2. The SMILES string of the molecule is O.O=C1OCC(CCC[N+]23CCC(c4ccccc4)(CC2)CC3)(c2ccc(Cl)c(Cl)c2)CN1Cc1ccccc1.O=C1OCC(CCC[N+]23CCC(c4ccccc4)(CC2)CC3)(c2ccc(Cl)c(Cl)c2)CN1Cc1ccccc1.[Cl-].[Cl-]. The van der Waals surface area contributed by atoms with Crippen LogP contribution in [0.4, 0.5) is 9.59 Å². The third-order valence-corrected chi connectivity index (χ3v) is 21.2. The third-order valence-electron chi connectivity index (χ3n) is 19.7. The van der Waals surface area contributed by atoms with Crippen molar-refractivity contribution in [1.82, 2.24) is 9.80 Å². The molecule has 8 heterocycles. The maximum absolute atomic E-state index is 12.9. The standard InChI is InChI=1S/2C33H37Cl2N2O2.2ClH.H2O/c2*34-29-13-12-28(22-30(29)35)33(24-36(31(38)39-25-33)23-26-8-3-1-4-9-26)14-7-18-37-19-15-32(16-20-37,17-21-37)27-10-5-2-6-11-27;;;/h2*1-6,8-13,22H,7,14-21,23-25H2;2*1H;1H2/q2*+1;;;/p-2. The highest BCUT2D eigenvalue weighted by Gasteiger charge is 2.52. The molecule has 6 aromatic carbocycles. The highest BCUT2D eigenvalue weighted by molar-refractivity contribution is 6.42. The number of hydrogen-bond donors (Lipinski definition) is 0. The monoisotopic (exact) mass is 1210 g/mol. The highest BCUT2D eigenvalue weighted by atomic mass is 35.5. The molecular weight excluding hydrogens is 1140 g/mol. The van der Waals surface area contributed by atoms with Crippen LogP contribution >= 0.6 is 46.4 Å². The summed E-state index contributed by atoms with van der Waals surface area (Å²) in [6.07, 6.45) is 11.2. The van der Waals surface area contributed by atoms with E-state index in [1.54, 1.807) is 0 Å². The van der Waals surface area contributed by atoms with Gasteiger partial charge in [0, 0.05) is 86.4 Å². The lowest BCUT2D eigenvalue weighted by Crippen LogP contribution is -3.00. The number of rotatable bonds is 16. The van der Waals surface area contributed by atoms with Gasteiger partial charge in [0.2, 0.25) is 0 Å². The Kier molecular flexibility index (Phi) is 20.5. The summed E-state index contributed by atoms with van der Waals surface area (Å²) in [6, 6.07) is 54.4. The molecule has 8 aliphatic rings. The number of nitrogens with zero attached hydrogens (tertiary/aromatic N) is 4. The minimum atomic E-state index is -0.325. The zero-order chi connectivity index (χ0) is 53.9. The molecule has 8 aliphatic heterocycles. The fourth-order valence-corrected chi connectivity index (χ4v) is 15.3. The number of fused-ring (bicyclic) bond motifs is 6. The molecule has 81 heavy (non-hydrogen) atoms. The molecule has 0 radical (unpaired) electrons. The van der Waals surface area contributed by atoms with Gasteiger partial charge in [-0.25, -0.2) is 9.59 Å². The van der Waals surface area contributed by atoms with E-state index in [-0.39, 0.29) is 53.3 Å². The van der Waals surface area contributed by atoms with Crippen molar-refractivity contribution in [1.29, 1.82) is 0 Å². The van der Waals surface area contributed by atoms with Crippen molar-refractivity contribution in [3.05, 3.63) is 211 Å². The molecule has 2 atom stereocenters. The molecule has 8 saturated heterocycles. The van der Waals surface area contributed by atoms with Crippen LogP contribution < -0.4 is 24.8 Å². The largest absolute Gasteiger partial charge is 1.00 e. The summed E-state index contributed by atoms with van der Waals surface area (Å²) >= 11 is 25.6. The maximum atomic E-state index is 12.9. The fourth-order valence-electron chi connectivity index (χ4n) is 14.7. The van der Waals surface area contributed by atoms with E-state index in [0.717, 1.165) is 47.9 Å². The van der Waals surface area contributed by atoms with Crippen molar-refractivity contribution >= 4 is 58.6 Å². The van der Waals surface area contributed by atoms with E-state index in [0.29, 0.717) is 70.3 Å². The van der Waals surface area contributed by atoms with Crippen LogP contribution in [0.15, 0.2) is 158 Å². The molecule has 0 saturated carbocycles. The Morgan fingerprint density at radius 3 is 1.06 bits per heavy atom. The maximum Gasteiger partial charge on any atom is 0.410 e. The van der Waals surface area contributed by atoms with Gasteiger partial charge < -0.3 is 58.5 Å². The predicted octanol–water partition coefficient (Wildman–Crippen LogP) is 8.42. The quantitative estimate of drug-likeness (QED) is 0.0912. The van der Waals surface area contributed by atoms with Gasteiger partial charge in [0.25, 0.3) is 0 Å². The van der Waals surface area contributed by atoms with Crippen LogP contribution in [0, 0.1) is 0 Å². The first kappa shape index (κ1) is 62.5. The topological polar surface area (TPSA) is 90.6 Å². The Labute approximate surface area is 512 Å². The highest BCUT2D eigenvalue weighted by Crippen LogP contribution is 2.49. The van der Waals surface area contributed by atoms with Gasteiger partial charge in [0.1, 0.15) is 13.2 Å². The van der Waals surface area contributed by atoms with Crippen molar-refractivity contribution in [2.24, 2.45) is 0 Å². The third kappa shape index (κ3) is 13.5. The van der Waals surface area contributed by atoms with Crippen molar-refractivity contribution < 1.29 is 58.3 Å². The zero-order valence-electron chi connectivity index (χ0n) is 46.2. The van der Waals surface area contributed by atoms with Gasteiger partial charge >= 0.3 is 12.2 Å². The molecule has 2 N–H and O–H groups in total. The van der Waals surface area contributed by atoms with E-state index in [4.69, 9.17) is 55.9 Å². The van der Waals surface area contributed by atoms with Crippen LogP contribution in [0.2, 0.25) is 20.1 Å². The first-order valence-electron chi connectivity index (χ1n) is 28.5. The van der Waals surface area contributed by atoms with Crippen LogP contribution in [0.25, 0.3) is 0 Å². The van der Waals surface area contributed by atoms with Gasteiger partial charge in [-0.15, -0.1) is 0 Å². The minimum absolute atomic E-state index is 0. The molecule has 0 spiro atoms. The van der Waals surface area contributed by atoms with Crippen LogP contribution in [0.5, 0.6) is 0 Å². The first-order valence-corrected chi connectivity index (χ1v) is 30.0. The van der Waals surface area contributed by atoms with Crippen molar-refractivity contribution in [3.8, 4) is 0 Å². The number of quaternary nitrogens is 2. The van der Waals surface area contributed by atoms with E-state index in [1.165, 1.54) is 111 Å². The van der Waals surface area contributed by atoms with Crippen LogP contribution in [-0.4, -0.2) is 115 Å². The second-order valence-corrected chi connectivity index (χ2v) is 25.7. The zero-order valence-corrected chi connectivity index (χ0v) is 50.7. The van der Waals surface area contributed by atoms with Crippen LogP contribution in [-0.2, 0) is 44.2 Å². The Balaban J connectivity index is 0.000000205. The Morgan fingerprint density at radius 2 is 0.741 bits per heavy atom. The number of halogens is 6.